The first-order valence-electron chi connectivity index (χ1n) is 8.18. The fraction of sp³-hybridized carbons (Fsp3) is 0.150. The number of thiazole rings is 1. The van der Waals surface area contributed by atoms with Crippen LogP contribution in [0.3, 0.4) is 0 Å². The molecule has 0 bridgehead atoms. The summed E-state index contributed by atoms with van der Waals surface area (Å²) in [6.45, 7) is 1.52. The lowest BCUT2D eigenvalue weighted by Gasteiger charge is -2.02. The average molecular weight is 383 g/mol. The van der Waals surface area contributed by atoms with E-state index in [0.717, 1.165) is 10.5 Å². The van der Waals surface area contributed by atoms with Crippen LogP contribution in [-0.2, 0) is 4.79 Å². The lowest BCUT2D eigenvalue weighted by Crippen LogP contribution is -2.11. The first-order valence-corrected chi connectivity index (χ1v) is 9.98. The number of anilines is 1. The molecule has 0 aliphatic rings. The maximum Gasteiger partial charge on any atom is 0.226 e. The van der Waals surface area contributed by atoms with Crippen molar-refractivity contribution in [1.29, 1.82) is 0 Å². The third-order valence-corrected chi connectivity index (χ3v) is 5.67. The first-order chi connectivity index (χ1) is 12.6. The molecule has 0 fully saturated rings. The smallest absolute Gasteiger partial charge is 0.226 e. The van der Waals surface area contributed by atoms with Crippen LogP contribution in [0.25, 0.3) is 11.3 Å². The first kappa shape index (κ1) is 18.4. The number of nitrogens with one attached hydrogen (secondary N) is 1. The second-order valence-electron chi connectivity index (χ2n) is 5.58. The van der Waals surface area contributed by atoms with Gasteiger partial charge in [-0.05, 0) is 12.1 Å². The normalized spacial score (nSPS) is 10.5. The Balaban J connectivity index is 1.64. The fourth-order valence-corrected chi connectivity index (χ4v) is 4.14. The summed E-state index contributed by atoms with van der Waals surface area (Å²) in [4.78, 5) is 30.3. The lowest BCUT2D eigenvalue weighted by molar-refractivity contribution is -0.115. The van der Waals surface area contributed by atoms with Crippen molar-refractivity contribution >= 4 is 39.9 Å². The fourth-order valence-electron chi connectivity index (χ4n) is 2.36. The molecule has 3 aromatic rings. The van der Waals surface area contributed by atoms with E-state index >= 15 is 0 Å². The predicted octanol–water partition coefficient (Wildman–Crippen LogP) is 5.13. The van der Waals surface area contributed by atoms with Crippen LogP contribution in [0.5, 0.6) is 0 Å². The number of carbonyl (C=O) groups excluding carboxylic acids is 2. The number of rotatable bonds is 7. The molecule has 26 heavy (non-hydrogen) atoms. The monoisotopic (exact) mass is 382 g/mol. The number of benzene rings is 2. The second kappa shape index (κ2) is 8.78. The van der Waals surface area contributed by atoms with Crippen LogP contribution in [0.1, 0.15) is 23.0 Å². The SMILES string of the molecule is CC(=O)c1sc(NC(=O)CCSc2ccccc2)nc1-c1ccccc1. The molecule has 1 heterocycles. The molecule has 0 unspecified atom stereocenters. The van der Waals surface area contributed by atoms with Crippen molar-refractivity contribution in [3.8, 4) is 11.3 Å². The highest BCUT2D eigenvalue weighted by Crippen LogP contribution is 2.31. The van der Waals surface area contributed by atoms with Gasteiger partial charge in [-0.3, -0.25) is 9.59 Å². The van der Waals surface area contributed by atoms with Crippen molar-refractivity contribution in [2.24, 2.45) is 0 Å². The molecule has 0 aliphatic heterocycles. The van der Waals surface area contributed by atoms with Gasteiger partial charge in [0.25, 0.3) is 0 Å². The molecular weight excluding hydrogens is 364 g/mol. The van der Waals surface area contributed by atoms with Crippen LogP contribution >= 0.6 is 23.1 Å². The summed E-state index contributed by atoms with van der Waals surface area (Å²) in [6.07, 6.45) is 0.384. The lowest BCUT2D eigenvalue weighted by atomic mass is 10.1. The van der Waals surface area contributed by atoms with Gasteiger partial charge in [-0.1, -0.05) is 59.9 Å². The van der Waals surface area contributed by atoms with E-state index in [-0.39, 0.29) is 11.7 Å². The number of carbonyl (C=O) groups is 2. The minimum absolute atomic E-state index is 0.0542. The Kier molecular flexibility index (Phi) is 6.20. The quantitative estimate of drug-likeness (QED) is 0.454. The Morgan fingerprint density at radius 3 is 2.35 bits per heavy atom. The van der Waals surface area contributed by atoms with Gasteiger partial charge in [0.1, 0.15) is 0 Å². The molecule has 0 saturated heterocycles. The summed E-state index contributed by atoms with van der Waals surface area (Å²) >= 11 is 2.86. The molecule has 1 aromatic heterocycles. The molecule has 1 N–H and O–H groups in total. The van der Waals surface area contributed by atoms with E-state index in [1.165, 1.54) is 18.3 Å². The number of Topliss-reactive ketones (excluding diaryl/α,β-unsaturated/α-hetero) is 1. The molecule has 6 heteroatoms. The summed E-state index contributed by atoms with van der Waals surface area (Å²) in [5, 5.41) is 3.28. The standard InChI is InChI=1S/C20H18N2O2S2/c1-14(23)19-18(15-8-4-2-5-9-15)22-20(26-19)21-17(24)12-13-25-16-10-6-3-7-11-16/h2-11H,12-13H2,1H3,(H,21,22,24). The van der Waals surface area contributed by atoms with E-state index in [2.05, 4.69) is 10.3 Å². The van der Waals surface area contributed by atoms with Crippen molar-refractivity contribution in [2.75, 3.05) is 11.1 Å². The van der Waals surface area contributed by atoms with Gasteiger partial charge in [0, 0.05) is 29.6 Å². The highest BCUT2D eigenvalue weighted by molar-refractivity contribution is 7.99. The Labute approximate surface area is 160 Å². The number of thioether (sulfide) groups is 1. The van der Waals surface area contributed by atoms with E-state index in [1.54, 1.807) is 11.8 Å². The van der Waals surface area contributed by atoms with Gasteiger partial charge < -0.3 is 5.32 Å². The molecule has 4 nitrogen and oxygen atoms in total. The minimum Gasteiger partial charge on any atom is -0.302 e. The highest BCUT2D eigenvalue weighted by atomic mass is 32.2. The largest absolute Gasteiger partial charge is 0.302 e. The predicted molar refractivity (Wildman–Crippen MR) is 108 cm³/mol. The minimum atomic E-state index is -0.100. The van der Waals surface area contributed by atoms with Crippen molar-refractivity contribution < 1.29 is 9.59 Å². The zero-order valence-corrected chi connectivity index (χ0v) is 15.9. The van der Waals surface area contributed by atoms with Gasteiger partial charge in [0.2, 0.25) is 5.91 Å². The number of aromatic nitrogens is 1. The third-order valence-electron chi connectivity index (χ3n) is 3.58. The van der Waals surface area contributed by atoms with Gasteiger partial charge in [-0.25, -0.2) is 4.98 Å². The molecule has 1 amide bonds. The van der Waals surface area contributed by atoms with Crippen molar-refractivity contribution in [3.05, 3.63) is 65.5 Å². The zero-order valence-electron chi connectivity index (χ0n) is 14.3. The zero-order chi connectivity index (χ0) is 18.4. The van der Waals surface area contributed by atoms with Crippen LogP contribution < -0.4 is 5.32 Å². The van der Waals surface area contributed by atoms with Crippen LogP contribution in [-0.4, -0.2) is 22.4 Å². The molecule has 0 radical (unpaired) electrons. The van der Waals surface area contributed by atoms with E-state index in [0.29, 0.717) is 27.9 Å². The van der Waals surface area contributed by atoms with Crippen molar-refractivity contribution in [2.45, 2.75) is 18.2 Å². The van der Waals surface area contributed by atoms with Gasteiger partial charge in [-0.2, -0.15) is 0 Å². The number of hydrogen-bond donors (Lipinski definition) is 1. The Hall–Kier alpha value is -2.44. The Morgan fingerprint density at radius 1 is 1.04 bits per heavy atom. The van der Waals surface area contributed by atoms with E-state index in [9.17, 15) is 9.59 Å². The molecule has 2 aromatic carbocycles. The maximum absolute atomic E-state index is 12.2. The van der Waals surface area contributed by atoms with Crippen LogP contribution in [0, 0.1) is 0 Å². The van der Waals surface area contributed by atoms with E-state index in [1.807, 2.05) is 60.7 Å². The van der Waals surface area contributed by atoms with Crippen molar-refractivity contribution in [3.63, 3.8) is 0 Å². The third kappa shape index (κ3) is 4.80. The molecular formula is C20H18N2O2S2. The summed E-state index contributed by atoms with van der Waals surface area (Å²) in [7, 11) is 0. The topological polar surface area (TPSA) is 59.1 Å². The average Bonchev–Trinajstić information content (AvgIpc) is 3.07. The number of amides is 1. The summed E-state index contributed by atoms with van der Waals surface area (Å²) < 4.78 is 0. The second-order valence-corrected chi connectivity index (χ2v) is 7.75. The molecule has 3 rings (SSSR count). The molecule has 132 valence electrons. The molecule has 0 atom stereocenters. The van der Waals surface area contributed by atoms with Gasteiger partial charge in [0.15, 0.2) is 10.9 Å². The van der Waals surface area contributed by atoms with Crippen LogP contribution in [0.4, 0.5) is 5.13 Å². The summed E-state index contributed by atoms with van der Waals surface area (Å²) in [5.74, 6) is 0.533. The molecule has 0 saturated carbocycles. The molecule has 0 spiro atoms. The Bertz CT molecular complexity index is 893. The van der Waals surface area contributed by atoms with Gasteiger partial charge >= 0.3 is 0 Å². The summed E-state index contributed by atoms with van der Waals surface area (Å²) in [6, 6.07) is 19.5. The van der Waals surface area contributed by atoms with Gasteiger partial charge in [-0.15, -0.1) is 11.8 Å². The Morgan fingerprint density at radius 2 is 1.69 bits per heavy atom. The van der Waals surface area contributed by atoms with Crippen LogP contribution in [0.2, 0.25) is 0 Å². The van der Waals surface area contributed by atoms with E-state index in [4.69, 9.17) is 0 Å². The van der Waals surface area contributed by atoms with Gasteiger partial charge in [0.05, 0.1) is 10.6 Å². The number of nitrogens with zero attached hydrogens (tertiary/aromatic N) is 1. The molecule has 0 aliphatic carbocycles. The summed E-state index contributed by atoms with van der Waals surface area (Å²) in [5.41, 5.74) is 1.49. The van der Waals surface area contributed by atoms with Crippen LogP contribution in [0.15, 0.2) is 65.6 Å². The highest BCUT2D eigenvalue weighted by Gasteiger charge is 2.17. The number of ketones is 1. The van der Waals surface area contributed by atoms with Crippen molar-refractivity contribution in [1.82, 2.24) is 4.98 Å². The van der Waals surface area contributed by atoms with E-state index < -0.39 is 0 Å². The maximum atomic E-state index is 12.2. The number of hydrogen-bond acceptors (Lipinski definition) is 5.